The fraction of sp³-hybridized carbons (Fsp3) is 0.250. The van der Waals surface area contributed by atoms with Crippen molar-refractivity contribution in [1.29, 1.82) is 0 Å². The Kier molecular flexibility index (Phi) is 5.09. The van der Waals surface area contributed by atoms with E-state index in [2.05, 4.69) is 0 Å². The van der Waals surface area contributed by atoms with Crippen molar-refractivity contribution in [3.8, 4) is 11.5 Å². The summed E-state index contributed by atoms with van der Waals surface area (Å²) < 4.78 is 5.65. The van der Waals surface area contributed by atoms with Gasteiger partial charge in [0.2, 0.25) is 0 Å². The van der Waals surface area contributed by atoms with Gasteiger partial charge < -0.3 is 4.74 Å². The summed E-state index contributed by atoms with van der Waals surface area (Å²) in [6.45, 7) is 6.13. The molecule has 0 amide bonds. The highest BCUT2D eigenvalue weighted by Gasteiger charge is 2.20. The maximum absolute atomic E-state index is 10.7. The Labute approximate surface area is 149 Å². The quantitative estimate of drug-likeness (QED) is 0.446. The molecule has 0 aliphatic carbocycles. The first kappa shape index (κ1) is 17.9. The highest BCUT2D eigenvalue weighted by atomic mass is 35.5. The molecule has 0 saturated carbocycles. The Hall–Kier alpha value is -1.49. The van der Waals surface area contributed by atoms with E-state index in [0.29, 0.717) is 10.0 Å². The van der Waals surface area contributed by atoms with E-state index in [1.807, 2.05) is 20.8 Å². The maximum Gasteiger partial charge on any atom is 0.271 e. The van der Waals surface area contributed by atoms with Gasteiger partial charge in [-0.05, 0) is 29.2 Å². The molecule has 4 nitrogen and oxygen atoms in total. The molecular formula is C16H14Cl3NO3. The minimum Gasteiger partial charge on any atom is -0.453 e. The SMILES string of the molecule is CC(C)(C)c1cc(Cl)c(Oc2ccc([N+](=O)[O-])cc2Cl)c(Cl)c1. The van der Waals surface area contributed by atoms with Crippen LogP contribution in [0, 0.1) is 10.1 Å². The van der Waals surface area contributed by atoms with Gasteiger partial charge in [-0.3, -0.25) is 10.1 Å². The van der Waals surface area contributed by atoms with Crippen molar-refractivity contribution in [3.05, 3.63) is 61.1 Å². The summed E-state index contributed by atoms with van der Waals surface area (Å²) in [6, 6.07) is 7.48. The summed E-state index contributed by atoms with van der Waals surface area (Å²) in [5.41, 5.74) is 0.730. The third-order valence-corrected chi connectivity index (χ3v) is 4.06. The predicted octanol–water partition coefficient (Wildman–Crippen LogP) is 6.64. The Bertz CT molecular complexity index is 747. The van der Waals surface area contributed by atoms with Crippen molar-refractivity contribution in [2.24, 2.45) is 0 Å². The van der Waals surface area contributed by atoms with E-state index in [-0.39, 0.29) is 27.6 Å². The smallest absolute Gasteiger partial charge is 0.271 e. The minimum atomic E-state index is -0.534. The van der Waals surface area contributed by atoms with Gasteiger partial charge in [-0.2, -0.15) is 0 Å². The molecule has 23 heavy (non-hydrogen) atoms. The second-order valence-electron chi connectivity index (χ2n) is 5.99. The number of nitro benzene ring substituents is 1. The lowest BCUT2D eigenvalue weighted by Crippen LogP contribution is -2.11. The Balaban J connectivity index is 2.39. The van der Waals surface area contributed by atoms with E-state index in [0.717, 1.165) is 5.56 Å². The molecule has 2 rings (SSSR count). The van der Waals surface area contributed by atoms with Gasteiger partial charge in [-0.15, -0.1) is 0 Å². The predicted molar refractivity (Wildman–Crippen MR) is 93.3 cm³/mol. The van der Waals surface area contributed by atoms with Crippen LogP contribution in [0.1, 0.15) is 26.3 Å². The average molecular weight is 375 g/mol. The van der Waals surface area contributed by atoms with Crippen molar-refractivity contribution in [2.45, 2.75) is 26.2 Å². The van der Waals surface area contributed by atoms with Gasteiger partial charge in [-0.25, -0.2) is 0 Å². The maximum atomic E-state index is 10.7. The largest absolute Gasteiger partial charge is 0.453 e. The molecule has 0 aromatic heterocycles. The molecule has 2 aromatic carbocycles. The molecular weight excluding hydrogens is 361 g/mol. The van der Waals surface area contributed by atoms with Gasteiger partial charge in [0.05, 0.1) is 20.0 Å². The van der Waals surface area contributed by atoms with Crippen LogP contribution in [0.15, 0.2) is 30.3 Å². The first-order valence-electron chi connectivity index (χ1n) is 6.71. The third-order valence-electron chi connectivity index (χ3n) is 3.20. The lowest BCUT2D eigenvalue weighted by molar-refractivity contribution is -0.384. The fourth-order valence-electron chi connectivity index (χ4n) is 1.89. The minimum absolute atomic E-state index is 0.103. The zero-order valence-corrected chi connectivity index (χ0v) is 15.0. The number of nitro groups is 1. The van der Waals surface area contributed by atoms with E-state index < -0.39 is 4.92 Å². The summed E-state index contributed by atoms with van der Waals surface area (Å²) >= 11 is 18.5. The second-order valence-corrected chi connectivity index (χ2v) is 7.21. The van der Waals surface area contributed by atoms with Gasteiger partial charge >= 0.3 is 0 Å². The molecule has 0 spiro atoms. The molecule has 0 unspecified atom stereocenters. The molecule has 0 bridgehead atoms. The number of hydrogen-bond donors (Lipinski definition) is 0. The number of rotatable bonds is 3. The lowest BCUT2D eigenvalue weighted by atomic mass is 9.87. The molecule has 7 heteroatoms. The molecule has 0 aliphatic rings. The third kappa shape index (κ3) is 4.08. The molecule has 0 radical (unpaired) electrons. The highest BCUT2D eigenvalue weighted by molar-refractivity contribution is 6.37. The van der Waals surface area contributed by atoms with Crippen molar-refractivity contribution in [2.75, 3.05) is 0 Å². The zero-order valence-electron chi connectivity index (χ0n) is 12.7. The lowest BCUT2D eigenvalue weighted by Gasteiger charge is -2.21. The van der Waals surface area contributed by atoms with Crippen LogP contribution in [-0.2, 0) is 5.41 Å². The fourth-order valence-corrected chi connectivity index (χ4v) is 2.66. The summed E-state index contributed by atoms with van der Waals surface area (Å²) in [6.07, 6.45) is 0. The van der Waals surface area contributed by atoms with Crippen LogP contribution in [0.5, 0.6) is 11.5 Å². The van der Waals surface area contributed by atoms with E-state index in [9.17, 15) is 10.1 Å². The van der Waals surface area contributed by atoms with Crippen molar-refractivity contribution in [3.63, 3.8) is 0 Å². The van der Waals surface area contributed by atoms with Crippen LogP contribution in [0.3, 0.4) is 0 Å². The number of benzene rings is 2. The standard InChI is InChI=1S/C16H14Cl3NO3/c1-16(2,3)9-6-12(18)15(13(19)7-9)23-14-5-4-10(20(21)22)8-11(14)17/h4-8H,1-3H3. The van der Waals surface area contributed by atoms with Crippen molar-refractivity contribution < 1.29 is 9.66 Å². The molecule has 0 aliphatic heterocycles. The molecule has 0 heterocycles. The van der Waals surface area contributed by atoms with Crippen LogP contribution in [0.2, 0.25) is 15.1 Å². The van der Waals surface area contributed by atoms with E-state index in [4.69, 9.17) is 39.5 Å². The van der Waals surface area contributed by atoms with Crippen LogP contribution in [-0.4, -0.2) is 4.92 Å². The summed E-state index contributed by atoms with van der Waals surface area (Å²) in [7, 11) is 0. The van der Waals surface area contributed by atoms with Crippen LogP contribution in [0.4, 0.5) is 5.69 Å². The molecule has 0 N–H and O–H groups in total. The summed E-state index contributed by atoms with van der Waals surface area (Å²) in [5.74, 6) is 0.502. The number of ether oxygens (including phenoxy) is 1. The van der Waals surface area contributed by atoms with E-state index in [1.165, 1.54) is 18.2 Å². The first-order chi connectivity index (χ1) is 10.6. The van der Waals surface area contributed by atoms with Crippen molar-refractivity contribution >= 4 is 40.5 Å². The van der Waals surface area contributed by atoms with Crippen LogP contribution < -0.4 is 4.74 Å². The number of non-ortho nitro benzene ring substituents is 1. The Morgan fingerprint density at radius 2 is 1.57 bits per heavy atom. The number of hydrogen-bond acceptors (Lipinski definition) is 3. The van der Waals surface area contributed by atoms with Crippen LogP contribution in [0.25, 0.3) is 0 Å². The zero-order chi connectivity index (χ0) is 17.4. The van der Waals surface area contributed by atoms with Gasteiger partial charge in [0.25, 0.3) is 5.69 Å². The number of nitrogens with zero attached hydrogens (tertiary/aromatic N) is 1. The topological polar surface area (TPSA) is 52.4 Å². The normalized spacial score (nSPS) is 11.4. The van der Waals surface area contributed by atoms with E-state index >= 15 is 0 Å². The van der Waals surface area contributed by atoms with Gasteiger partial charge in [-0.1, -0.05) is 55.6 Å². The van der Waals surface area contributed by atoms with E-state index in [1.54, 1.807) is 12.1 Å². The molecule has 0 fully saturated rings. The van der Waals surface area contributed by atoms with Gasteiger partial charge in [0.1, 0.15) is 5.75 Å². The Morgan fingerprint density at radius 3 is 2.00 bits per heavy atom. The molecule has 122 valence electrons. The van der Waals surface area contributed by atoms with Crippen molar-refractivity contribution in [1.82, 2.24) is 0 Å². The average Bonchev–Trinajstić information content (AvgIpc) is 2.42. The highest BCUT2D eigenvalue weighted by Crippen LogP contribution is 2.42. The first-order valence-corrected chi connectivity index (χ1v) is 7.84. The Morgan fingerprint density at radius 1 is 1.00 bits per heavy atom. The number of halogens is 3. The molecule has 0 saturated heterocycles. The van der Waals surface area contributed by atoms with Crippen LogP contribution >= 0.6 is 34.8 Å². The molecule has 2 aromatic rings. The van der Waals surface area contributed by atoms with Gasteiger partial charge in [0.15, 0.2) is 5.75 Å². The van der Waals surface area contributed by atoms with Gasteiger partial charge in [0, 0.05) is 12.1 Å². The second kappa shape index (κ2) is 6.56. The monoisotopic (exact) mass is 373 g/mol. The molecule has 0 atom stereocenters. The summed E-state index contributed by atoms with van der Waals surface area (Å²) in [5, 5.41) is 11.5. The summed E-state index contributed by atoms with van der Waals surface area (Å²) in [4.78, 5) is 10.2.